The number of benzene rings is 1. The Morgan fingerprint density at radius 1 is 1.44 bits per heavy atom. The summed E-state index contributed by atoms with van der Waals surface area (Å²) in [5.74, 6) is 0.769. The van der Waals surface area contributed by atoms with E-state index in [2.05, 4.69) is 20.9 Å². The minimum atomic E-state index is -0.239. The van der Waals surface area contributed by atoms with Gasteiger partial charge in [0, 0.05) is 10.0 Å². The summed E-state index contributed by atoms with van der Waals surface area (Å²) in [5, 5.41) is 11.1. The molecule has 1 heterocycles. The van der Waals surface area contributed by atoms with Crippen molar-refractivity contribution in [3.05, 3.63) is 50.6 Å². The van der Waals surface area contributed by atoms with E-state index in [-0.39, 0.29) is 6.73 Å². The van der Waals surface area contributed by atoms with Gasteiger partial charge in [0.1, 0.15) is 12.5 Å². The molecule has 1 aromatic carbocycles. The van der Waals surface area contributed by atoms with Crippen LogP contribution in [0.5, 0.6) is 5.75 Å². The highest BCUT2D eigenvalue weighted by Gasteiger charge is 2.12. The second-order valence-electron chi connectivity index (χ2n) is 3.48. The van der Waals surface area contributed by atoms with Crippen LogP contribution in [-0.4, -0.2) is 24.7 Å². The molecule has 0 aliphatic carbocycles. The number of aliphatic hydroxyl groups is 1. The van der Waals surface area contributed by atoms with Gasteiger partial charge in [0.2, 0.25) is 0 Å². The number of thiophene rings is 1. The van der Waals surface area contributed by atoms with Gasteiger partial charge in [-0.1, -0.05) is 12.1 Å². The van der Waals surface area contributed by atoms with Gasteiger partial charge in [-0.25, -0.2) is 0 Å². The average Bonchev–Trinajstić information content (AvgIpc) is 2.82. The van der Waals surface area contributed by atoms with Crippen LogP contribution in [0.15, 0.2) is 45.2 Å². The summed E-state index contributed by atoms with van der Waals surface area (Å²) in [7, 11) is 1.63. The molecule has 0 saturated carbocycles. The summed E-state index contributed by atoms with van der Waals surface area (Å²) >= 11 is 5.06. The number of aliphatic imine (C=N–C) groups is 1. The predicted molar refractivity (Wildman–Crippen MR) is 77.7 cm³/mol. The van der Waals surface area contributed by atoms with Gasteiger partial charge >= 0.3 is 0 Å². The van der Waals surface area contributed by atoms with E-state index in [1.165, 1.54) is 0 Å². The Bertz CT molecular complexity index is 566. The second kappa shape index (κ2) is 6.13. The molecule has 1 aromatic heterocycles. The third-order valence-corrected chi connectivity index (χ3v) is 4.25. The molecule has 2 aromatic rings. The molecule has 0 atom stereocenters. The van der Waals surface area contributed by atoms with Crippen LogP contribution < -0.4 is 4.74 Å². The maximum Gasteiger partial charge on any atom is 0.135 e. The first-order chi connectivity index (χ1) is 8.76. The summed E-state index contributed by atoms with van der Waals surface area (Å²) in [4.78, 5) is 5.17. The molecule has 1 N–H and O–H groups in total. The van der Waals surface area contributed by atoms with Crippen molar-refractivity contribution in [3.8, 4) is 5.75 Å². The first-order valence-corrected chi connectivity index (χ1v) is 6.96. The maximum atomic E-state index is 9.08. The lowest BCUT2D eigenvalue weighted by Crippen LogP contribution is -2.03. The highest BCUT2D eigenvalue weighted by Crippen LogP contribution is 2.27. The van der Waals surface area contributed by atoms with Crippen LogP contribution in [0, 0.1) is 0 Å². The lowest BCUT2D eigenvalue weighted by atomic mass is 10.1. The average molecular weight is 326 g/mol. The van der Waals surface area contributed by atoms with E-state index in [0.29, 0.717) is 0 Å². The molecule has 0 bridgehead atoms. The molecular formula is C13H12BrNO2S. The SMILES string of the molecule is COc1cccc(/C(=N/CO)c2sccc2Br)c1. The molecule has 0 radical (unpaired) electrons. The van der Waals surface area contributed by atoms with Gasteiger partial charge < -0.3 is 9.84 Å². The fourth-order valence-corrected chi connectivity index (χ4v) is 3.19. The monoisotopic (exact) mass is 325 g/mol. The number of hydrogen-bond donors (Lipinski definition) is 1. The Morgan fingerprint density at radius 3 is 2.89 bits per heavy atom. The first kappa shape index (κ1) is 13.3. The van der Waals surface area contributed by atoms with Crippen LogP contribution in [0.1, 0.15) is 10.4 Å². The minimum Gasteiger partial charge on any atom is -0.497 e. The molecule has 2 rings (SSSR count). The molecule has 0 spiro atoms. The summed E-state index contributed by atoms with van der Waals surface area (Å²) < 4.78 is 6.18. The molecule has 94 valence electrons. The molecule has 3 nitrogen and oxygen atoms in total. The first-order valence-electron chi connectivity index (χ1n) is 5.29. The zero-order valence-corrected chi connectivity index (χ0v) is 12.2. The van der Waals surface area contributed by atoms with Crippen LogP contribution in [0.3, 0.4) is 0 Å². The van der Waals surface area contributed by atoms with Crippen LogP contribution in [0.4, 0.5) is 0 Å². The van der Waals surface area contributed by atoms with Crippen molar-refractivity contribution in [2.75, 3.05) is 13.8 Å². The third kappa shape index (κ3) is 2.80. The standard InChI is InChI=1S/C13H12BrNO2S/c1-17-10-4-2-3-9(7-10)12(15-8-16)13-11(14)5-6-18-13/h2-7,16H,8H2,1H3/b15-12-. The highest BCUT2D eigenvalue weighted by molar-refractivity contribution is 9.10. The van der Waals surface area contributed by atoms with Crippen molar-refractivity contribution >= 4 is 33.0 Å². The Kier molecular flexibility index (Phi) is 4.52. The number of rotatable bonds is 4. The Labute approximate surface area is 118 Å². The fraction of sp³-hybridized carbons (Fsp3) is 0.154. The molecule has 18 heavy (non-hydrogen) atoms. The summed E-state index contributed by atoms with van der Waals surface area (Å²) in [6, 6.07) is 9.60. The molecule has 0 fully saturated rings. The molecule has 0 unspecified atom stereocenters. The van der Waals surface area contributed by atoms with E-state index in [1.54, 1.807) is 18.4 Å². The summed E-state index contributed by atoms with van der Waals surface area (Å²) in [6.45, 7) is -0.239. The number of methoxy groups -OCH3 is 1. The molecule has 0 amide bonds. The zero-order chi connectivity index (χ0) is 13.0. The van der Waals surface area contributed by atoms with Crippen molar-refractivity contribution in [2.45, 2.75) is 0 Å². The van der Waals surface area contributed by atoms with Gasteiger partial charge in [0.05, 0.1) is 17.7 Å². The molecule has 5 heteroatoms. The van der Waals surface area contributed by atoms with E-state index < -0.39 is 0 Å². The summed E-state index contributed by atoms with van der Waals surface area (Å²) in [5.41, 5.74) is 1.69. The van der Waals surface area contributed by atoms with Crippen molar-refractivity contribution in [2.24, 2.45) is 4.99 Å². The molecular weight excluding hydrogens is 314 g/mol. The maximum absolute atomic E-state index is 9.08. The molecule has 0 aliphatic heterocycles. The van der Waals surface area contributed by atoms with E-state index >= 15 is 0 Å². The third-order valence-electron chi connectivity index (χ3n) is 2.40. The van der Waals surface area contributed by atoms with Gasteiger partial charge in [0.25, 0.3) is 0 Å². The lowest BCUT2D eigenvalue weighted by Gasteiger charge is -2.07. The molecule has 0 aliphatic rings. The highest BCUT2D eigenvalue weighted by atomic mass is 79.9. The van der Waals surface area contributed by atoms with E-state index in [9.17, 15) is 0 Å². The van der Waals surface area contributed by atoms with Gasteiger partial charge in [-0.3, -0.25) is 4.99 Å². The van der Waals surface area contributed by atoms with E-state index in [1.807, 2.05) is 35.7 Å². The van der Waals surface area contributed by atoms with Gasteiger partial charge in [0.15, 0.2) is 0 Å². The lowest BCUT2D eigenvalue weighted by molar-refractivity contribution is 0.309. The number of ether oxygens (including phenoxy) is 1. The smallest absolute Gasteiger partial charge is 0.135 e. The second-order valence-corrected chi connectivity index (χ2v) is 5.25. The Balaban J connectivity index is 2.49. The van der Waals surface area contributed by atoms with Crippen molar-refractivity contribution in [1.82, 2.24) is 0 Å². The van der Waals surface area contributed by atoms with E-state index in [0.717, 1.165) is 26.4 Å². The Morgan fingerprint density at radius 2 is 2.28 bits per heavy atom. The van der Waals surface area contributed by atoms with E-state index in [4.69, 9.17) is 9.84 Å². The normalized spacial score (nSPS) is 11.6. The van der Waals surface area contributed by atoms with Crippen LogP contribution in [0.2, 0.25) is 0 Å². The zero-order valence-electron chi connectivity index (χ0n) is 9.76. The Hall–Kier alpha value is -1.17. The topological polar surface area (TPSA) is 41.8 Å². The predicted octanol–water partition coefficient (Wildman–Crippen LogP) is 3.31. The van der Waals surface area contributed by atoms with Crippen molar-refractivity contribution in [3.63, 3.8) is 0 Å². The van der Waals surface area contributed by atoms with Crippen molar-refractivity contribution in [1.29, 1.82) is 0 Å². The number of halogens is 1. The van der Waals surface area contributed by atoms with Crippen LogP contribution in [0.25, 0.3) is 0 Å². The largest absolute Gasteiger partial charge is 0.497 e. The summed E-state index contributed by atoms with van der Waals surface area (Å²) in [6.07, 6.45) is 0. The molecule has 0 saturated heterocycles. The minimum absolute atomic E-state index is 0.239. The number of aliphatic hydroxyl groups excluding tert-OH is 1. The number of hydrogen-bond acceptors (Lipinski definition) is 4. The fourth-order valence-electron chi connectivity index (χ4n) is 1.60. The van der Waals surface area contributed by atoms with Gasteiger partial charge in [-0.15, -0.1) is 11.3 Å². The quantitative estimate of drug-likeness (QED) is 0.876. The van der Waals surface area contributed by atoms with Crippen LogP contribution >= 0.6 is 27.3 Å². The van der Waals surface area contributed by atoms with Crippen LogP contribution in [-0.2, 0) is 0 Å². The number of nitrogens with zero attached hydrogens (tertiary/aromatic N) is 1. The van der Waals surface area contributed by atoms with Gasteiger partial charge in [-0.2, -0.15) is 0 Å². The van der Waals surface area contributed by atoms with Crippen molar-refractivity contribution < 1.29 is 9.84 Å². The van der Waals surface area contributed by atoms with Gasteiger partial charge in [-0.05, 0) is 39.5 Å².